The van der Waals surface area contributed by atoms with Gasteiger partial charge in [0.05, 0.1) is 6.10 Å². The minimum atomic E-state index is -0.345. The molecular weight excluding hydrogens is 404 g/mol. The standard InChI is InChI=1S/C25H36N4O3/c1-3-20-17-21(27-32-20)24(31)26-18-25(19-7-5-4-6-8-19)11-9-22(23(30)10-12-25)29-15-13-28(2)14-16-29/h4-8,17,22-23,30H,3,9-16,18H2,1-2H3,(H,26,31)/t22-,23-,25-/m0/s1. The van der Waals surface area contributed by atoms with Crippen LogP contribution in [0.2, 0.25) is 0 Å². The second-order valence-corrected chi connectivity index (χ2v) is 9.41. The van der Waals surface area contributed by atoms with Gasteiger partial charge in [0.2, 0.25) is 0 Å². The monoisotopic (exact) mass is 440 g/mol. The van der Waals surface area contributed by atoms with E-state index in [-0.39, 0.29) is 23.5 Å². The van der Waals surface area contributed by atoms with Gasteiger partial charge < -0.3 is 19.8 Å². The molecule has 2 heterocycles. The smallest absolute Gasteiger partial charge is 0.273 e. The molecule has 7 nitrogen and oxygen atoms in total. The third-order valence-electron chi connectivity index (χ3n) is 7.40. The van der Waals surface area contributed by atoms with Gasteiger partial charge in [0.25, 0.3) is 5.91 Å². The van der Waals surface area contributed by atoms with Crippen molar-refractivity contribution < 1.29 is 14.4 Å². The van der Waals surface area contributed by atoms with Crippen molar-refractivity contribution in [3.63, 3.8) is 0 Å². The van der Waals surface area contributed by atoms with Crippen LogP contribution in [0.1, 0.15) is 54.4 Å². The summed E-state index contributed by atoms with van der Waals surface area (Å²) in [6, 6.07) is 12.3. The molecule has 1 saturated carbocycles. The van der Waals surface area contributed by atoms with Crippen molar-refractivity contribution in [2.75, 3.05) is 39.8 Å². The van der Waals surface area contributed by atoms with Gasteiger partial charge >= 0.3 is 0 Å². The van der Waals surface area contributed by atoms with E-state index < -0.39 is 0 Å². The lowest BCUT2D eigenvalue weighted by Crippen LogP contribution is -2.52. The Hall–Kier alpha value is -2.22. The van der Waals surface area contributed by atoms with E-state index in [1.54, 1.807) is 6.07 Å². The first-order valence-corrected chi connectivity index (χ1v) is 11.9. The number of carbonyl (C=O) groups is 1. The van der Waals surface area contributed by atoms with Crippen molar-refractivity contribution in [1.29, 1.82) is 0 Å². The van der Waals surface area contributed by atoms with Crippen LogP contribution in [-0.2, 0) is 11.8 Å². The zero-order valence-corrected chi connectivity index (χ0v) is 19.3. The molecule has 2 aliphatic rings. The van der Waals surface area contributed by atoms with Crippen LogP contribution >= 0.6 is 0 Å². The lowest BCUT2D eigenvalue weighted by atomic mass is 9.74. The fourth-order valence-electron chi connectivity index (χ4n) is 5.22. The van der Waals surface area contributed by atoms with E-state index in [2.05, 4.69) is 51.6 Å². The highest BCUT2D eigenvalue weighted by Crippen LogP contribution is 2.39. The highest BCUT2D eigenvalue weighted by atomic mass is 16.5. The third-order valence-corrected chi connectivity index (χ3v) is 7.40. The maximum absolute atomic E-state index is 12.8. The lowest BCUT2D eigenvalue weighted by molar-refractivity contribution is 0.0200. The van der Waals surface area contributed by atoms with E-state index >= 15 is 0 Å². The highest BCUT2D eigenvalue weighted by Gasteiger charge is 2.40. The number of aryl methyl sites for hydroxylation is 1. The number of hydrogen-bond acceptors (Lipinski definition) is 6. The van der Waals surface area contributed by atoms with Crippen LogP contribution in [0.25, 0.3) is 0 Å². The summed E-state index contributed by atoms with van der Waals surface area (Å²) in [6.07, 6.45) is 3.76. The molecule has 1 aromatic carbocycles. The summed E-state index contributed by atoms with van der Waals surface area (Å²) >= 11 is 0. The number of piperazine rings is 1. The molecule has 0 spiro atoms. The molecule has 174 valence electrons. The van der Waals surface area contributed by atoms with Gasteiger partial charge in [-0.05, 0) is 38.3 Å². The van der Waals surface area contributed by atoms with Crippen LogP contribution in [0.3, 0.4) is 0 Å². The first-order valence-electron chi connectivity index (χ1n) is 11.9. The Morgan fingerprint density at radius 2 is 1.91 bits per heavy atom. The van der Waals surface area contributed by atoms with Crippen molar-refractivity contribution in [2.45, 2.75) is 56.6 Å². The maximum Gasteiger partial charge on any atom is 0.273 e. The number of nitrogens with one attached hydrogen (secondary N) is 1. The van der Waals surface area contributed by atoms with Crippen molar-refractivity contribution >= 4 is 5.91 Å². The summed E-state index contributed by atoms with van der Waals surface area (Å²) in [5, 5.41) is 18.1. The van der Waals surface area contributed by atoms with Crippen LogP contribution in [0.4, 0.5) is 0 Å². The Kier molecular flexibility index (Phi) is 7.28. The lowest BCUT2D eigenvalue weighted by Gasteiger charge is -2.39. The zero-order chi connectivity index (χ0) is 22.6. The van der Waals surface area contributed by atoms with E-state index in [0.29, 0.717) is 24.4 Å². The van der Waals surface area contributed by atoms with Gasteiger partial charge in [-0.1, -0.05) is 42.4 Å². The van der Waals surface area contributed by atoms with Crippen molar-refractivity contribution in [3.8, 4) is 0 Å². The Labute approximate surface area is 190 Å². The SMILES string of the molecule is CCc1cc(C(=O)NC[C@@]2(c3ccccc3)CC[C@H](O)[C@@H](N3CCN(C)CC3)CC2)no1. The van der Waals surface area contributed by atoms with Crippen LogP contribution < -0.4 is 5.32 Å². The van der Waals surface area contributed by atoms with Gasteiger partial charge in [-0.3, -0.25) is 9.69 Å². The molecule has 1 amide bonds. The number of nitrogens with zero attached hydrogens (tertiary/aromatic N) is 3. The van der Waals surface area contributed by atoms with Crippen LogP contribution in [0.5, 0.6) is 0 Å². The van der Waals surface area contributed by atoms with Crippen LogP contribution in [-0.4, -0.2) is 77.9 Å². The molecule has 4 rings (SSSR count). The molecule has 0 radical (unpaired) electrons. The first kappa shape index (κ1) is 23.0. The molecule has 1 aliphatic carbocycles. The number of aliphatic hydroxyl groups excluding tert-OH is 1. The van der Waals surface area contributed by atoms with Gasteiger partial charge in [-0.25, -0.2) is 0 Å². The molecule has 0 bridgehead atoms. The largest absolute Gasteiger partial charge is 0.391 e. The van der Waals surface area contributed by atoms with E-state index in [4.69, 9.17) is 4.52 Å². The summed E-state index contributed by atoms with van der Waals surface area (Å²) in [5.74, 6) is 0.504. The number of rotatable bonds is 6. The number of carbonyl (C=O) groups excluding carboxylic acids is 1. The fraction of sp³-hybridized carbons (Fsp3) is 0.600. The van der Waals surface area contributed by atoms with Crippen molar-refractivity contribution in [1.82, 2.24) is 20.3 Å². The number of amides is 1. The van der Waals surface area contributed by atoms with E-state index in [1.807, 2.05) is 13.0 Å². The van der Waals surface area contributed by atoms with Gasteiger partial charge in [-0.2, -0.15) is 0 Å². The predicted octanol–water partition coefficient (Wildman–Crippen LogP) is 2.46. The normalized spacial score (nSPS) is 27.7. The first-order chi connectivity index (χ1) is 15.5. The minimum absolute atomic E-state index is 0.174. The van der Waals surface area contributed by atoms with Crippen molar-refractivity contribution in [3.05, 3.63) is 53.4 Å². The van der Waals surface area contributed by atoms with Gasteiger partial charge in [0, 0.05) is 56.7 Å². The summed E-state index contributed by atoms with van der Waals surface area (Å²) in [6.45, 7) is 6.58. The molecule has 1 aromatic heterocycles. The average Bonchev–Trinajstić information content (AvgIpc) is 3.25. The van der Waals surface area contributed by atoms with E-state index in [0.717, 1.165) is 51.9 Å². The average molecular weight is 441 g/mol. The quantitative estimate of drug-likeness (QED) is 0.672. The molecule has 0 unspecified atom stereocenters. The predicted molar refractivity (Wildman–Crippen MR) is 124 cm³/mol. The topological polar surface area (TPSA) is 81.8 Å². The molecule has 1 saturated heterocycles. The number of likely N-dealkylation sites (N-methyl/N-ethyl adjacent to an activating group) is 1. The van der Waals surface area contributed by atoms with Crippen molar-refractivity contribution in [2.24, 2.45) is 0 Å². The maximum atomic E-state index is 12.8. The zero-order valence-electron chi connectivity index (χ0n) is 19.3. The Morgan fingerprint density at radius 3 is 2.59 bits per heavy atom. The van der Waals surface area contributed by atoms with Gasteiger partial charge in [-0.15, -0.1) is 0 Å². The molecule has 7 heteroatoms. The van der Waals surface area contributed by atoms with E-state index in [1.165, 1.54) is 5.56 Å². The van der Waals surface area contributed by atoms with Gasteiger partial charge in [0.1, 0.15) is 5.76 Å². The fourth-order valence-corrected chi connectivity index (χ4v) is 5.22. The van der Waals surface area contributed by atoms with Crippen LogP contribution in [0, 0.1) is 0 Å². The number of hydrogen-bond donors (Lipinski definition) is 2. The Bertz CT molecular complexity index is 878. The molecular formula is C25H36N4O3. The molecule has 2 aromatic rings. The van der Waals surface area contributed by atoms with Crippen LogP contribution in [0.15, 0.2) is 40.9 Å². The molecule has 32 heavy (non-hydrogen) atoms. The van der Waals surface area contributed by atoms with Gasteiger partial charge in [0.15, 0.2) is 5.69 Å². The Balaban J connectivity index is 1.51. The van der Waals surface area contributed by atoms with E-state index in [9.17, 15) is 9.90 Å². The summed E-state index contributed by atoms with van der Waals surface area (Å²) in [7, 11) is 2.16. The summed E-state index contributed by atoms with van der Waals surface area (Å²) in [4.78, 5) is 17.6. The molecule has 1 aliphatic heterocycles. The molecule has 2 fully saturated rings. The second-order valence-electron chi connectivity index (χ2n) is 9.41. The number of benzene rings is 1. The molecule has 2 N–H and O–H groups in total. The Morgan fingerprint density at radius 1 is 1.19 bits per heavy atom. The molecule has 3 atom stereocenters. The summed E-state index contributed by atoms with van der Waals surface area (Å²) in [5.41, 5.74) is 1.34. The number of aliphatic hydroxyl groups is 1. The second kappa shape index (κ2) is 10.1. The minimum Gasteiger partial charge on any atom is -0.391 e. The summed E-state index contributed by atoms with van der Waals surface area (Å²) < 4.78 is 5.21. The highest BCUT2D eigenvalue weighted by molar-refractivity contribution is 5.92. The number of aromatic nitrogens is 1. The third kappa shape index (κ3) is 5.05.